The zero-order valence-electron chi connectivity index (χ0n) is 15.0. The normalized spacial score (nSPS) is 14.6. The van der Waals surface area contributed by atoms with Crippen molar-refractivity contribution in [1.29, 1.82) is 0 Å². The number of fused-ring (bicyclic) bond motifs is 2. The molecule has 0 spiro atoms. The van der Waals surface area contributed by atoms with Crippen molar-refractivity contribution in [3.63, 3.8) is 0 Å². The number of amides is 1. The molecule has 2 aromatic heterocycles. The van der Waals surface area contributed by atoms with Gasteiger partial charge in [0.15, 0.2) is 0 Å². The summed E-state index contributed by atoms with van der Waals surface area (Å²) in [5.74, 6) is -0.182. The topological polar surface area (TPSA) is 71.2 Å². The Kier molecular flexibility index (Phi) is 4.38. The van der Waals surface area contributed by atoms with E-state index in [0.29, 0.717) is 16.6 Å². The lowest BCUT2D eigenvalue weighted by Gasteiger charge is -2.31. The van der Waals surface area contributed by atoms with Crippen LogP contribution < -0.4 is 11.1 Å². The van der Waals surface area contributed by atoms with Crippen LogP contribution in [0, 0.1) is 0 Å². The maximum absolute atomic E-state index is 12.7. The lowest BCUT2D eigenvalue weighted by molar-refractivity contribution is 0.103. The van der Waals surface area contributed by atoms with E-state index in [1.54, 1.807) is 0 Å². The second-order valence-corrected chi connectivity index (χ2v) is 7.93. The molecule has 0 saturated heterocycles. The number of rotatable bonds is 3. The van der Waals surface area contributed by atoms with Gasteiger partial charge in [-0.05, 0) is 37.6 Å². The fraction of sp³-hybridized carbons (Fsp3) is 0.300. The molecule has 134 valence electrons. The van der Waals surface area contributed by atoms with Crippen molar-refractivity contribution in [1.82, 2.24) is 9.88 Å². The summed E-state index contributed by atoms with van der Waals surface area (Å²) >= 11 is 1.37. The third-order valence-corrected chi connectivity index (χ3v) is 5.98. The molecule has 26 heavy (non-hydrogen) atoms. The molecule has 0 radical (unpaired) electrons. The average Bonchev–Trinajstić information content (AvgIpc) is 2.96. The van der Waals surface area contributed by atoms with Crippen molar-refractivity contribution in [3.8, 4) is 0 Å². The summed E-state index contributed by atoms with van der Waals surface area (Å²) < 4.78 is 0. The first kappa shape index (κ1) is 17.0. The number of nitrogens with two attached hydrogens (primary N) is 1. The summed E-state index contributed by atoms with van der Waals surface area (Å²) in [5.41, 5.74) is 9.95. The Hall–Kier alpha value is -2.44. The van der Waals surface area contributed by atoms with Crippen LogP contribution in [0.5, 0.6) is 0 Å². The Bertz CT molecular complexity index is 965. The number of aromatic nitrogens is 1. The summed E-state index contributed by atoms with van der Waals surface area (Å²) in [6, 6.07) is 12.0. The van der Waals surface area contributed by atoms with Crippen molar-refractivity contribution in [3.05, 3.63) is 52.5 Å². The number of pyridine rings is 1. The van der Waals surface area contributed by atoms with E-state index in [9.17, 15) is 4.79 Å². The summed E-state index contributed by atoms with van der Waals surface area (Å²) in [6.45, 7) is 6.33. The Morgan fingerprint density at radius 3 is 2.81 bits per heavy atom. The molecular weight excluding hydrogens is 344 g/mol. The highest BCUT2D eigenvalue weighted by Gasteiger charge is 2.23. The van der Waals surface area contributed by atoms with Crippen molar-refractivity contribution < 1.29 is 4.79 Å². The van der Waals surface area contributed by atoms with Gasteiger partial charge in [-0.2, -0.15) is 0 Å². The second-order valence-electron chi connectivity index (χ2n) is 6.93. The lowest BCUT2D eigenvalue weighted by atomic mass is 10.0. The molecule has 4 rings (SSSR count). The number of nitrogens with zero attached hydrogens (tertiary/aromatic N) is 2. The maximum Gasteiger partial charge on any atom is 0.267 e. The summed E-state index contributed by atoms with van der Waals surface area (Å²) in [5, 5.41) is 3.79. The first-order valence-corrected chi connectivity index (χ1v) is 9.66. The zero-order valence-corrected chi connectivity index (χ0v) is 15.8. The van der Waals surface area contributed by atoms with E-state index in [4.69, 9.17) is 10.7 Å². The monoisotopic (exact) mass is 366 g/mol. The Morgan fingerprint density at radius 2 is 2.08 bits per heavy atom. The van der Waals surface area contributed by atoms with E-state index < -0.39 is 0 Å². The highest BCUT2D eigenvalue weighted by atomic mass is 32.1. The zero-order chi connectivity index (χ0) is 18.3. The number of nitrogen functional groups attached to an aromatic ring is 1. The molecule has 6 heteroatoms. The third kappa shape index (κ3) is 3.06. The minimum atomic E-state index is -0.182. The van der Waals surface area contributed by atoms with Gasteiger partial charge in [-0.1, -0.05) is 18.2 Å². The third-order valence-electron chi connectivity index (χ3n) is 4.87. The van der Waals surface area contributed by atoms with E-state index in [1.165, 1.54) is 16.9 Å². The molecule has 0 saturated carbocycles. The molecular formula is C20H22N4OS. The predicted molar refractivity (Wildman–Crippen MR) is 108 cm³/mol. The van der Waals surface area contributed by atoms with Gasteiger partial charge in [0.25, 0.3) is 5.91 Å². The predicted octanol–water partition coefficient (Wildman–Crippen LogP) is 3.90. The number of carbonyl (C=O) groups excluding carboxylic acids is 1. The molecule has 0 atom stereocenters. The van der Waals surface area contributed by atoms with E-state index in [-0.39, 0.29) is 5.91 Å². The van der Waals surface area contributed by atoms with Gasteiger partial charge in [0.1, 0.15) is 9.71 Å². The van der Waals surface area contributed by atoms with Gasteiger partial charge in [0, 0.05) is 42.3 Å². The molecule has 3 heterocycles. The number of para-hydroxylation sites is 1. The Morgan fingerprint density at radius 1 is 1.31 bits per heavy atom. The van der Waals surface area contributed by atoms with Gasteiger partial charge in [0.2, 0.25) is 0 Å². The summed E-state index contributed by atoms with van der Waals surface area (Å²) in [7, 11) is 0. The second kappa shape index (κ2) is 6.70. The first-order chi connectivity index (χ1) is 12.5. The van der Waals surface area contributed by atoms with E-state index in [2.05, 4.69) is 30.1 Å². The number of carbonyl (C=O) groups is 1. The van der Waals surface area contributed by atoms with Crippen molar-refractivity contribution >= 4 is 38.8 Å². The standard InChI is InChI=1S/C20H22N4OS/c1-12(2)24-9-8-16-13(11-24)10-15-17(21)18(26-20(15)23-16)19(25)22-14-6-4-3-5-7-14/h3-7,10,12H,8-9,11,21H2,1-2H3,(H,22,25). The molecule has 3 aromatic rings. The average molecular weight is 366 g/mol. The van der Waals surface area contributed by atoms with Gasteiger partial charge in [-0.25, -0.2) is 4.98 Å². The molecule has 0 bridgehead atoms. The molecule has 0 unspecified atom stereocenters. The maximum atomic E-state index is 12.7. The molecule has 1 aliphatic rings. The van der Waals surface area contributed by atoms with Crippen LogP contribution in [0.15, 0.2) is 36.4 Å². The Labute approximate surface area is 156 Å². The van der Waals surface area contributed by atoms with Crippen molar-refractivity contribution in [2.75, 3.05) is 17.6 Å². The number of thiophene rings is 1. The van der Waals surface area contributed by atoms with Gasteiger partial charge in [0.05, 0.1) is 5.69 Å². The van der Waals surface area contributed by atoms with Crippen LogP contribution in [0.3, 0.4) is 0 Å². The Balaban J connectivity index is 1.68. The minimum absolute atomic E-state index is 0.182. The number of benzene rings is 1. The van der Waals surface area contributed by atoms with Crippen LogP contribution in [0.25, 0.3) is 10.2 Å². The molecule has 1 aromatic carbocycles. The lowest BCUT2D eigenvalue weighted by Crippen LogP contribution is -2.36. The summed E-state index contributed by atoms with van der Waals surface area (Å²) in [4.78, 5) is 21.3. The molecule has 1 aliphatic heterocycles. The largest absolute Gasteiger partial charge is 0.397 e. The fourth-order valence-corrected chi connectivity index (χ4v) is 4.33. The highest BCUT2D eigenvalue weighted by Crippen LogP contribution is 2.35. The van der Waals surface area contributed by atoms with Crippen LogP contribution in [0.1, 0.15) is 34.8 Å². The first-order valence-electron chi connectivity index (χ1n) is 8.84. The number of anilines is 2. The van der Waals surface area contributed by atoms with Gasteiger partial charge in [-0.15, -0.1) is 11.3 Å². The van der Waals surface area contributed by atoms with Gasteiger partial charge in [-0.3, -0.25) is 9.69 Å². The van der Waals surface area contributed by atoms with Crippen LogP contribution in [0.4, 0.5) is 11.4 Å². The van der Waals surface area contributed by atoms with Crippen LogP contribution in [-0.2, 0) is 13.0 Å². The number of hydrogen-bond donors (Lipinski definition) is 2. The van der Waals surface area contributed by atoms with Crippen LogP contribution >= 0.6 is 11.3 Å². The molecule has 5 nitrogen and oxygen atoms in total. The van der Waals surface area contributed by atoms with Crippen molar-refractivity contribution in [2.45, 2.75) is 32.9 Å². The van der Waals surface area contributed by atoms with E-state index in [1.807, 2.05) is 30.3 Å². The van der Waals surface area contributed by atoms with E-state index >= 15 is 0 Å². The molecule has 0 aliphatic carbocycles. The minimum Gasteiger partial charge on any atom is -0.397 e. The number of hydrogen-bond acceptors (Lipinski definition) is 5. The van der Waals surface area contributed by atoms with Gasteiger partial charge >= 0.3 is 0 Å². The smallest absolute Gasteiger partial charge is 0.267 e. The SMILES string of the molecule is CC(C)N1CCc2nc3sc(C(=O)Nc4ccccc4)c(N)c3cc2C1. The van der Waals surface area contributed by atoms with Gasteiger partial charge < -0.3 is 11.1 Å². The molecule has 3 N–H and O–H groups in total. The quantitative estimate of drug-likeness (QED) is 0.737. The highest BCUT2D eigenvalue weighted by molar-refractivity contribution is 7.21. The van der Waals surface area contributed by atoms with Crippen LogP contribution in [0.2, 0.25) is 0 Å². The number of nitrogens with one attached hydrogen (secondary N) is 1. The molecule has 0 fully saturated rings. The van der Waals surface area contributed by atoms with Crippen molar-refractivity contribution in [2.24, 2.45) is 0 Å². The van der Waals surface area contributed by atoms with E-state index in [0.717, 1.165) is 41.1 Å². The fourth-order valence-electron chi connectivity index (χ4n) is 3.34. The molecule has 1 amide bonds. The van der Waals surface area contributed by atoms with Crippen LogP contribution in [-0.4, -0.2) is 28.4 Å². The summed E-state index contributed by atoms with van der Waals surface area (Å²) in [6.07, 6.45) is 0.937.